The number of aromatic nitrogens is 1. The van der Waals surface area contributed by atoms with Gasteiger partial charge in [0.1, 0.15) is 5.52 Å². The van der Waals surface area contributed by atoms with E-state index < -0.39 is 11.7 Å². The number of rotatable bonds is 4. The Morgan fingerprint density at radius 2 is 2.05 bits per heavy atom. The van der Waals surface area contributed by atoms with Gasteiger partial charge >= 0.3 is 0 Å². The maximum atomic E-state index is 14.1. The van der Waals surface area contributed by atoms with E-state index in [2.05, 4.69) is 15.6 Å². The van der Waals surface area contributed by atoms with E-state index in [0.29, 0.717) is 13.1 Å². The monoisotopic (exact) mass is 297 g/mol. The summed E-state index contributed by atoms with van der Waals surface area (Å²) in [5, 5.41) is 6.34. The van der Waals surface area contributed by atoms with Crippen molar-refractivity contribution in [3.63, 3.8) is 0 Å². The fraction of sp³-hybridized carbons (Fsp3) is 0.429. The second kappa shape index (κ2) is 7.91. The van der Waals surface area contributed by atoms with Gasteiger partial charge in [-0.2, -0.15) is 0 Å². The fourth-order valence-corrected chi connectivity index (χ4v) is 2.47. The van der Waals surface area contributed by atoms with E-state index in [0.717, 1.165) is 9.71 Å². The van der Waals surface area contributed by atoms with Gasteiger partial charge in [-0.1, -0.05) is 13.8 Å². The maximum absolute atomic E-state index is 14.1. The van der Waals surface area contributed by atoms with E-state index in [4.69, 9.17) is 0 Å². The Morgan fingerprint density at radius 3 is 2.70 bits per heavy atom. The zero-order valence-electron chi connectivity index (χ0n) is 12.2. The number of fused-ring (bicyclic) bond motifs is 1. The summed E-state index contributed by atoms with van der Waals surface area (Å²) in [6, 6.07) is 3.24. The van der Waals surface area contributed by atoms with Crippen LogP contribution in [0.1, 0.15) is 29.2 Å². The van der Waals surface area contributed by atoms with Crippen molar-refractivity contribution in [1.29, 1.82) is 0 Å². The minimum absolute atomic E-state index is 0.0453. The van der Waals surface area contributed by atoms with Gasteiger partial charge < -0.3 is 10.6 Å². The molecule has 0 aliphatic carbocycles. The number of nitrogens with one attached hydrogen (secondary N) is 2. The molecule has 0 saturated carbocycles. The van der Waals surface area contributed by atoms with Crippen LogP contribution in [0.25, 0.3) is 10.2 Å². The largest absolute Gasteiger partial charge is 0.351 e. The third-order valence-corrected chi connectivity index (χ3v) is 3.45. The number of carbonyl (C=O) groups is 1. The number of amides is 1. The number of benzene rings is 1. The fourth-order valence-electron chi connectivity index (χ4n) is 1.64. The van der Waals surface area contributed by atoms with Crippen molar-refractivity contribution in [2.24, 2.45) is 0 Å². The van der Waals surface area contributed by atoms with E-state index in [-0.39, 0.29) is 11.1 Å². The van der Waals surface area contributed by atoms with Crippen LogP contribution >= 0.6 is 11.3 Å². The van der Waals surface area contributed by atoms with Gasteiger partial charge in [0.25, 0.3) is 5.91 Å². The second-order valence-electron chi connectivity index (χ2n) is 3.87. The lowest BCUT2D eigenvalue weighted by Gasteiger charge is -2.05. The molecule has 1 amide bonds. The van der Waals surface area contributed by atoms with E-state index in [9.17, 15) is 9.18 Å². The third kappa shape index (κ3) is 3.74. The van der Waals surface area contributed by atoms with Gasteiger partial charge in [-0.25, -0.2) is 9.37 Å². The molecule has 0 radical (unpaired) electrons. The van der Waals surface area contributed by atoms with Crippen LogP contribution in [0.4, 0.5) is 4.39 Å². The van der Waals surface area contributed by atoms with E-state index in [1.165, 1.54) is 17.4 Å². The average Bonchev–Trinajstić information content (AvgIpc) is 2.83. The molecule has 0 spiro atoms. The number of aryl methyl sites for hydroxylation is 1. The molecule has 0 saturated heterocycles. The number of halogens is 1. The zero-order chi connectivity index (χ0) is 15.1. The Morgan fingerprint density at radius 1 is 1.35 bits per heavy atom. The predicted molar refractivity (Wildman–Crippen MR) is 81.9 cm³/mol. The minimum atomic E-state index is -0.543. The molecule has 1 aromatic heterocycles. The summed E-state index contributed by atoms with van der Waals surface area (Å²) >= 11 is 1.42. The summed E-state index contributed by atoms with van der Waals surface area (Å²) in [7, 11) is 1.79. The number of hydrogen-bond acceptors (Lipinski definition) is 4. The Bertz CT molecular complexity index is 583. The molecule has 6 heteroatoms. The lowest BCUT2D eigenvalue weighted by atomic mass is 10.2. The highest BCUT2D eigenvalue weighted by atomic mass is 32.1. The summed E-state index contributed by atoms with van der Waals surface area (Å²) < 4.78 is 14.9. The highest BCUT2D eigenvalue weighted by Crippen LogP contribution is 2.25. The van der Waals surface area contributed by atoms with Crippen LogP contribution in [0.3, 0.4) is 0 Å². The van der Waals surface area contributed by atoms with Crippen molar-refractivity contribution in [3.8, 4) is 0 Å². The number of nitrogens with zero attached hydrogens (tertiary/aromatic N) is 1. The molecular weight excluding hydrogens is 277 g/mol. The highest BCUT2D eigenvalue weighted by molar-refractivity contribution is 7.18. The Kier molecular flexibility index (Phi) is 6.54. The molecule has 0 aliphatic rings. The molecule has 0 bridgehead atoms. The Balaban J connectivity index is 0.000000956. The molecule has 110 valence electrons. The lowest BCUT2D eigenvalue weighted by molar-refractivity contribution is 0.0950. The van der Waals surface area contributed by atoms with E-state index >= 15 is 0 Å². The van der Waals surface area contributed by atoms with Crippen LogP contribution in [0.5, 0.6) is 0 Å². The van der Waals surface area contributed by atoms with Crippen molar-refractivity contribution < 1.29 is 9.18 Å². The molecule has 2 aromatic rings. The van der Waals surface area contributed by atoms with Gasteiger partial charge in [0.2, 0.25) is 0 Å². The van der Waals surface area contributed by atoms with Crippen LogP contribution in [0, 0.1) is 12.7 Å². The van der Waals surface area contributed by atoms with E-state index in [1.807, 2.05) is 20.8 Å². The summed E-state index contributed by atoms with van der Waals surface area (Å²) in [4.78, 5) is 15.9. The number of likely N-dealkylation sites (N-methyl/N-ethyl adjacent to an activating group) is 1. The molecule has 2 rings (SSSR count). The van der Waals surface area contributed by atoms with Crippen molar-refractivity contribution in [3.05, 3.63) is 28.5 Å². The van der Waals surface area contributed by atoms with Gasteiger partial charge in [-0.15, -0.1) is 11.3 Å². The normalized spacial score (nSPS) is 10.1. The van der Waals surface area contributed by atoms with Crippen molar-refractivity contribution in [1.82, 2.24) is 15.6 Å². The molecule has 0 aliphatic heterocycles. The first-order valence-electron chi connectivity index (χ1n) is 6.62. The van der Waals surface area contributed by atoms with Gasteiger partial charge in [0.15, 0.2) is 5.82 Å². The molecule has 20 heavy (non-hydrogen) atoms. The Hall–Kier alpha value is -1.53. The van der Waals surface area contributed by atoms with Gasteiger partial charge in [0.05, 0.1) is 15.3 Å². The third-order valence-electron chi connectivity index (χ3n) is 2.51. The first kappa shape index (κ1) is 16.5. The van der Waals surface area contributed by atoms with Crippen molar-refractivity contribution in [2.75, 3.05) is 20.1 Å². The van der Waals surface area contributed by atoms with Crippen LogP contribution in [0.15, 0.2) is 12.1 Å². The minimum Gasteiger partial charge on any atom is -0.351 e. The molecular formula is C14H20FN3OS. The molecule has 0 unspecified atom stereocenters. The Labute approximate surface area is 122 Å². The molecule has 2 N–H and O–H groups in total. The number of thiazole rings is 1. The predicted octanol–water partition coefficient (Wildman–Crippen LogP) is 2.72. The molecule has 1 aromatic carbocycles. The van der Waals surface area contributed by atoms with Gasteiger partial charge in [-0.3, -0.25) is 4.79 Å². The molecule has 4 nitrogen and oxygen atoms in total. The smallest absolute Gasteiger partial charge is 0.254 e. The lowest BCUT2D eigenvalue weighted by Crippen LogP contribution is -2.30. The number of carbonyl (C=O) groups excluding carboxylic acids is 1. The summed E-state index contributed by atoms with van der Waals surface area (Å²) in [6.45, 7) is 6.92. The van der Waals surface area contributed by atoms with Crippen LogP contribution in [0.2, 0.25) is 0 Å². The summed E-state index contributed by atoms with van der Waals surface area (Å²) in [6.07, 6.45) is 0. The summed E-state index contributed by atoms with van der Waals surface area (Å²) in [5.41, 5.74) is 0.322. The van der Waals surface area contributed by atoms with Crippen molar-refractivity contribution >= 4 is 27.5 Å². The molecule has 1 heterocycles. The van der Waals surface area contributed by atoms with Crippen LogP contribution < -0.4 is 10.6 Å². The standard InChI is InChI=1S/C12H14FN3OS.C2H6/c1-7-16-11-9(18-7)4-3-8(10(11)13)12(17)15-6-5-14-2;1-2/h3-4,14H,5-6H2,1-2H3,(H,15,17);1-2H3. The van der Waals surface area contributed by atoms with Gasteiger partial charge in [0, 0.05) is 13.1 Å². The SMILES string of the molecule is CC.CNCCNC(=O)c1ccc2sc(C)nc2c1F. The van der Waals surface area contributed by atoms with Crippen LogP contribution in [-0.4, -0.2) is 31.0 Å². The van der Waals surface area contributed by atoms with Crippen molar-refractivity contribution in [2.45, 2.75) is 20.8 Å². The topological polar surface area (TPSA) is 54.0 Å². The first-order chi connectivity index (χ1) is 9.63. The highest BCUT2D eigenvalue weighted by Gasteiger charge is 2.16. The zero-order valence-corrected chi connectivity index (χ0v) is 13.0. The number of hydrogen-bond donors (Lipinski definition) is 2. The summed E-state index contributed by atoms with van der Waals surface area (Å²) in [5.74, 6) is -0.950. The molecule has 0 atom stereocenters. The van der Waals surface area contributed by atoms with E-state index in [1.54, 1.807) is 13.1 Å². The second-order valence-corrected chi connectivity index (χ2v) is 5.10. The first-order valence-corrected chi connectivity index (χ1v) is 7.43. The van der Waals surface area contributed by atoms with Crippen LogP contribution in [-0.2, 0) is 0 Å². The quantitative estimate of drug-likeness (QED) is 0.853. The maximum Gasteiger partial charge on any atom is 0.254 e. The average molecular weight is 297 g/mol. The van der Waals surface area contributed by atoms with Gasteiger partial charge in [-0.05, 0) is 26.1 Å². The molecule has 0 fully saturated rings.